The molecule has 3 unspecified atom stereocenters. The molecule has 12 nitrogen and oxygen atoms in total. The summed E-state index contributed by atoms with van der Waals surface area (Å²) in [5.74, 6) is -0.863. The third-order valence-corrected chi connectivity index (χ3v) is 10.1. The average Bonchev–Trinajstić information content (AvgIpc) is 3.20. The van der Waals surface area contributed by atoms with E-state index in [0.717, 1.165) is 71.8 Å². The van der Waals surface area contributed by atoms with Crippen LogP contribution in [0, 0.1) is 10.1 Å². The summed E-state index contributed by atoms with van der Waals surface area (Å²) in [6, 6.07) is 30.8. The van der Waals surface area contributed by atoms with Crippen LogP contribution in [-0.2, 0) is 32.2 Å². The lowest BCUT2D eigenvalue weighted by molar-refractivity contribution is -0.384. The Balaban J connectivity index is 1.11. The summed E-state index contributed by atoms with van der Waals surface area (Å²) in [4.78, 5) is 38.5. The second-order valence-electron chi connectivity index (χ2n) is 14.0. The summed E-state index contributed by atoms with van der Waals surface area (Å²) in [7, 11) is 0. The summed E-state index contributed by atoms with van der Waals surface area (Å²) in [6.45, 7) is 4.37. The normalized spacial score (nSPS) is 19.0. The number of nitro benzene ring substituents is 1. The Labute approximate surface area is 315 Å². The van der Waals surface area contributed by atoms with Crippen LogP contribution in [-0.4, -0.2) is 70.7 Å². The first kappa shape index (κ1) is 38.6. The fraction of sp³-hybridized carbons (Fsp3) is 0.381. The number of carboxylic acid groups (broad SMARTS) is 1. The van der Waals surface area contributed by atoms with Crippen molar-refractivity contribution in [3.05, 3.63) is 129 Å². The number of aliphatic hydroxyl groups excluding tert-OH is 1. The minimum atomic E-state index is -0.812. The quantitative estimate of drug-likeness (QED) is 0.0638. The number of rotatable bonds is 16. The van der Waals surface area contributed by atoms with Gasteiger partial charge in [-0.15, -0.1) is 0 Å². The van der Waals surface area contributed by atoms with Crippen molar-refractivity contribution in [1.82, 2.24) is 10.2 Å². The van der Waals surface area contributed by atoms with Gasteiger partial charge in [-0.2, -0.15) is 0 Å². The molecule has 2 heterocycles. The number of aliphatic carboxylic acids is 1. The number of ether oxygens (including phenoxy) is 2. The molecule has 3 N–H and O–H groups in total. The first-order valence-corrected chi connectivity index (χ1v) is 18.6. The number of anilines is 1. The average molecular weight is 737 g/mol. The zero-order valence-electron chi connectivity index (χ0n) is 30.3. The molecule has 1 amide bonds. The maximum atomic E-state index is 12.4. The maximum Gasteiger partial charge on any atom is 0.303 e. The van der Waals surface area contributed by atoms with Gasteiger partial charge in [-0.3, -0.25) is 24.6 Å². The number of carbonyl (C=O) groups is 2. The smallest absolute Gasteiger partial charge is 0.303 e. The second-order valence-corrected chi connectivity index (χ2v) is 14.0. The predicted molar refractivity (Wildman–Crippen MR) is 205 cm³/mol. The largest absolute Gasteiger partial charge is 0.481 e. The number of carbonyl (C=O) groups excluding carboxylic acids is 1. The monoisotopic (exact) mass is 736 g/mol. The minimum Gasteiger partial charge on any atom is -0.481 e. The van der Waals surface area contributed by atoms with Crippen molar-refractivity contribution in [3.63, 3.8) is 0 Å². The second kappa shape index (κ2) is 18.8. The molecule has 4 aromatic rings. The molecule has 3 atom stereocenters. The number of non-ortho nitro benzene ring substituents is 1. The fourth-order valence-corrected chi connectivity index (χ4v) is 7.05. The van der Waals surface area contributed by atoms with Crippen LogP contribution in [0.2, 0.25) is 0 Å². The van der Waals surface area contributed by atoms with Crippen molar-refractivity contribution in [2.45, 2.75) is 70.2 Å². The molecule has 0 spiro atoms. The standard InChI is InChI=1S/C42H48N4O8/c47-29-30-12-14-32(15-13-30)39-26-38(28-44-20-22-45(23-21-44)36-16-18-37(19-17-36)46(51)52)53-42(54-39)35-9-5-8-34(25-35)33-7-4-6-31(24-33)27-43-40(48)10-2-1-3-11-41(49)50/h4-9,12-19,24-25,38-39,42,47H,1-3,10-11,20-23,26-29H2,(H,43,48)(H,49,50). The van der Waals surface area contributed by atoms with Crippen molar-refractivity contribution in [2.75, 3.05) is 37.6 Å². The van der Waals surface area contributed by atoms with Crippen LogP contribution in [0.1, 0.15) is 73.2 Å². The summed E-state index contributed by atoms with van der Waals surface area (Å²) in [5, 5.41) is 32.5. The van der Waals surface area contributed by atoms with Gasteiger partial charge in [-0.05, 0) is 64.9 Å². The molecule has 0 bridgehead atoms. The first-order chi connectivity index (χ1) is 26.2. The molecule has 6 rings (SSSR count). The zero-order chi connectivity index (χ0) is 37.9. The number of benzene rings is 4. The number of amides is 1. The highest BCUT2D eigenvalue weighted by Crippen LogP contribution is 2.39. The Morgan fingerprint density at radius 3 is 2.20 bits per heavy atom. The van der Waals surface area contributed by atoms with Crippen molar-refractivity contribution in [3.8, 4) is 11.1 Å². The topological polar surface area (TPSA) is 155 Å². The Kier molecular flexibility index (Phi) is 13.4. The molecule has 12 heteroatoms. The third-order valence-electron chi connectivity index (χ3n) is 10.1. The van der Waals surface area contributed by atoms with Crippen LogP contribution in [0.15, 0.2) is 97.1 Å². The first-order valence-electron chi connectivity index (χ1n) is 18.6. The van der Waals surface area contributed by atoms with Crippen LogP contribution in [0.3, 0.4) is 0 Å². The van der Waals surface area contributed by atoms with Crippen LogP contribution < -0.4 is 10.2 Å². The number of aliphatic hydroxyl groups is 1. The number of carboxylic acids is 1. The van der Waals surface area contributed by atoms with Gasteiger partial charge in [-0.25, -0.2) is 0 Å². The lowest BCUT2D eigenvalue weighted by Crippen LogP contribution is -2.49. The van der Waals surface area contributed by atoms with Crippen LogP contribution in [0.4, 0.5) is 11.4 Å². The van der Waals surface area contributed by atoms with E-state index >= 15 is 0 Å². The van der Waals surface area contributed by atoms with E-state index in [-0.39, 0.29) is 41.8 Å². The Hall–Kier alpha value is -5.14. The summed E-state index contributed by atoms with van der Waals surface area (Å²) in [5.41, 5.74) is 6.81. The van der Waals surface area contributed by atoms with Gasteiger partial charge in [0.1, 0.15) is 0 Å². The van der Waals surface area contributed by atoms with Crippen molar-refractivity contribution in [2.24, 2.45) is 0 Å². The fourth-order valence-electron chi connectivity index (χ4n) is 7.05. The zero-order valence-corrected chi connectivity index (χ0v) is 30.3. The lowest BCUT2D eigenvalue weighted by atomic mass is 9.98. The molecule has 2 saturated heterocycles. The van der Waals surface area contributed by atoms with E-state index in [2.05, 4.69) is 27.2 Å². The van der Waals surface area contributed by atoms with E-state index in [1.807, 2.05) is 72.8 Å². The van der Waals surface area contributed by atoms with Crippen molar-refractivity contribution >= 4 is 23.3 Å². The van der Waals surface area contributed by atoms with E-state index in [1.165, 1.54) is 0 Å². The molecule has 2 fully saturated rings. The van der Waals surface area contributed by atoms with Crippen molar-refractivity contribution < 1.29 is 34.2 Å². The van der Waals surface area contributed by atoms with Crippen LogP contribution >= 0.6 is 0 Å². The highest BCUT2D eigenvalue weighted by molar-refractivity contribution is 5.76. The molecule has 54 heavy (non-hydrogen) atoms. The molecular weight excluding hydrogens is 688 g/mol. The molecule has 0 aliphatic carbocycles. The number of hydrogen-bond acceptors (Lipinski definition) is 9. The van der Waals surface area contributed by atoms with Gasteiger partial charge in [0.2, 0.25) is 5.91 Å². The van der Waals surface area contributed by atoms with E-state index in [9.17, 15) is 24.8 Å². The molecule has 0 saturated carbocycles. The van der Waals surface area contributed by atoms with Gasteiger partial charge in [0, 0.05) is 81.9 Å². The molecule has 2 aliphatic heterocycles. The third kappa shape index (κ3) is 10.7. The molecular formula is C42H48N4O8. The van der Waals surface area contributed by atoms with Gasteiger partial charge in [0.15, 0.2) is 6.29 Å². The van der Waals surface area contributed by atoms with E-state index in [0.29, 0.717) is 38.6 Å². The lowest BCUT2D eigenvalue weighted by Gasteiger charge is -2.41. The van der Waals surface area contributed by atoms with E-state index in [4.69, 9.17) is 14.6 Å². The number of piperazine rings is 1. The molecule has 0 radical (unpaired) electrons. The number of hydrogen-bond donors (Lipinski definition) is 3. The number of nitrogens with zero attached hydrogens (tertiary/aromatic N) is 3. The maximum absolute atomic E-state index is 12.4. The van der Waals surface area contributed by atoms with Crippen LogP contribution in [0.5, 0.6) is 0 Å². The van der Waals surface area contributed by atoms with Crippen molar-refractivity contribution in [1.29, 1.82) is 0 Å². The minimum absolute atomic E-state index is 0.0252. The SMILES string of the molecule is O=C(O)CCCCCC(=O)NCc1cccc(-c2cccc(C3OC(CN4CCN(c5ccc([N+](=O)[O-])cc5)CC4)CC(c4ccc(CO)cc4)O3)c2)c1. The molecule has 284 valence electrons. The van der Waals surface area contributed by atoms with Gasteiger partial charge in [-0.1, -0.05) is 67.1 Å². The summed E-state index contributed by atoms with van der Waals surface area (Å²) < 4.78 is 13.4. The van der Waals surface area contributed by atoms with Gasteiger partial charge in [0.25, 0.3) is 5.69 Å². The van der Waals surface area contributed by atoms with Gasteiger partial charge >= 0.3 is 5.97 Å². The Morgan fingerprint density at radius 2 is 1.50 bits per heavy atom. The van der Waals surface area contributed by atoms with E-state index < -0.39 is 12.3 Å². The summed E-state index contributed by atoms with van der Waals surface area (Å²) >= 11 is 0. The Morgan fingerprint density at radius 1 is 0.796 bits per heavy atom. The molecule has 4 aromatic carbocycles. The highest BCUT2D eigenvalue weighted by Gasteiger charge is 2.34. The number of nitrogens with one attached hydrogen (secondary N) is 1. The van der Waals surface area contributed by atoms with Crippen LogP contribution in [0.25, 0.3) is 11.1 Å². The Bertz CT molecular complexity index is 1860. The number of nitro groups is 1. The molecule has 2 aliphatic rings. The summed E-state index contributed by atoms with van der Waals surface area (Å²) in [6.07, 6.45) is 2.19. The van der Waals surface area contributed by atoms with Gasteiger partial charge < -0.3 is 29.9 Å². The predicted octanol–water partition coefficient (Wildman–Crippen LogP) is 6.77. The molecule has 0 aromatic heterocycles. The number of unbranched alkanes of at least 4 members (excludes halogenated alkanes) is 2. The van der Waals surface area contributed by atoms with Gasteiger partial charge in [0.05, 0.1) is 23.7 Å². The van der Waals surface area contributed by atoms with E-state index in [1.54, 1.807) is 12.1 Å². The highest BCUT2D eigenvalue weighted by atomic mass is 16.7.